The second-order valence-electron chi connectivity index (χ2n) is 8.96. The van der Waals surface area contributed by atoms with Crippen LogP contribution in [0.1, 0.15) is 67.2 Å². The number of rotatable bonds is 7. The maximum Gasteiger partial charge on any atom is 0.251 e. The highest BCUT2D eigenvalue weighted by atomic mass is 32.2. The van der Waals surface area contributed by atoms with E-state index in [0.717, 1.165) is 24.0 Å². The number of nitrogens with one attached hydrogen (secondary N) is 1. The zero-order valence-electron chi connectivity index (χ0n) is 18.4. The molecule has 0 saturated carbocycles. The van der Waals surface area contributed by atoms with E-state index in [2.05, 4.69) is 5.32 Å². The van der Waals surface area contributed by atoms with Gasteiger partial charge in [-0.15, -0.1) is 0 Å². The van der Waals surface area contributed by atoms with E-state index in [1.165, 1.54) is 11.1 Å². The van der Waals surface area contributed by atoms with Crippen LogP contribution >= 0.6 is 0 Å². The Morgan fingerprint density at radius 2 is 1.55 bits per heavy atom. The van der Waals surface area contributed by atoms with Gasteiger partial charge in [-0.25, -0.2) is 8.42 Å². The van der Waals surface area contributed by atoms with E-state index in [-0.39, 0.29) is 17.7 Å². The Labute approximate surface area is 175 Å². The molecule has 5 heteroatoms. The van der Waals surface area contributed by atoms with Gasteiger partial charge >= 0.3 is 0 Å². The minimum absolute atomic E-state index is 0.0459. The van der Waals surface area contributed by atoms with Crippen LogP contribution in [0.5, 0.6) is 0 Å². The molecule has 0 unspecified atom stereocenters. The van der Waals surface area contributed by atoms with Gasteiger partial charge in [0.1, 0.15) is 0 Å². The summed E-state index contributed by atoms with van der Waals surface area (Å²) in [4.78, 5) is 12.1. The molecular formula is C24H33NO3S. The summed E-state index contributed by atoms with van der Waals surface area (Å²) in [5.41, 5.74) is 4.99. The van der Waals surface area contributed by atoms with Crippen molar-refractivity contribution < 1.29 is 13.2 Å². The Kier molecular flexibility index (Phi) is 7.28. The topological polar surface area (TPSA) is 63.2 Å². The van der Waals surface area contributed by atoms with E-state index in [4.69, 9.17) is 0 Å². The number of aryl methyl sites for hydroxylation is 3. The normalized spacial score (nSPS) is 12.2. The molecule has 0 aliphatic heterocycles. The molecule has 29 heavy (non-hydrogen) atoms. The monoisotopic (exact) mass is 415 g/mol. The summed E-state index contributed by atoms with van der Waals surface area (Å²) >= 11 is 0. The molecule has 2 aromatic rings. The van der Waals surface area contributed by atoms with Gasteiger partial charge in [-0.1, -0.05) is 30.3 Å². The van der Waals surface area contributed by atoms with E-state index >= 15 is 0 Å². The summed E-state index contributed by atoms with van der Waals surface area (Å²) in [6, 6.07) is 13.8. The highest BCUT2D eigenvalue weighted by molar-refractivity contribution is 7.91. The fraction of sp³-hybridized carbons (Fsp3) is 0.458. The lowest BCUT2D eigenvalue weighted by atomic mass is 9.98. The molecule has 0 spiro atoms. The number of hydrogen-bond donors (Lipinski definition) is 1. The van der Waals surface area contributed by atoms with Crippen LogP contribution in [0, 0.1) is 6.92 Å². The summed E-state index contributed by atoms with van der Waals surface area (Å²) < 4.78 is 24.0. The first kappa shape index (κ1) is 23.1. The van der Waals surface area contributed by atoms with Crippen molar-refractivity contribution in [1.29, 1.82) is 0 Å². The van der Waals surface area contributed by atoms with Gasteiger partial charge in [0.2, 0.25) is 0 Å². The number of sulfone groups is 1. The molecule has 0 aromatic heterocycles. The Hall–Kier alpha value is -2.14. The highest BCUT2D eigenvalue weighted by Gasteiger charge is 2.28. The van der Waals surface area contributed by atoms with Crippen LogP contribution in [0.3, 0.4) is 0 Å². The molecule has 1 N–H and O–H groups in total. The number of benzene rings is 2. The largest absolute Gasteiger partial charge is 0.350 e. The van der Waals surface area contributed by atoms with Crippen molar-refractivity contribution in [2.45, 2.75) is 70.9 Å². The smallest absolute Gasteiger partial charge is 0.251 e. The number of carbonyl (C=O) groups is 1. The molecule has 0 fully saturated rings. The molecule has 158 valence electrons. The molecule has 0 radical (unpaired) electrons. The van der Waals surface area contributed by atoms with Crippen LogP contribution in [-0.4, -0.2) is 25.1 Å². The molecule has 2 aromatic carbocycles. The summed E-state index contributed by atoms with van der Waals surface area (Å²) in [7, 11) is -3.18. The molecule has 1 amide bonds. The fourth-order valence-corrected chi connectivity index (χ4v) is 4.04. The lowest BCUT2D eigenvalue weighted by Gasteiger charge is -2.19. The van der Waals surface area contributed by atoms with Gasteiger partial charge in [-0.3, -0.25) is 4.79 Å². The van der Waals surface area contributed by atoms with Crippen LogP contribution in [0.15, 0.2) is 42.5 Å². The number of carbonyl (C=O) groups excluding carboxylic acids is 1. The van der Waals surface area contributed by atoms with Gasteiger partial charge in [0.05, 0.1) is 10.5 Å². The van der Waals surface area contributed by atoms with Crippen molar-refractivity contribution in [2.75, 3.05) is 0 Å². The Morgan fingerprint density at radius 3 is 2.07 bits per heavy atom. The molecule has 0 saturated heterocycles. The minimum atomic E-state index is -3.18. The zero-order chi connectivity index (χ0) is 21.8. The van der Waals surface area contributed by atoms with E-state index in [9.17, 15) is 13.2 Å². The van der Waals surface area contributed by atoms with Crippen LogP contribution in [0.25, 0.3) is 0 Å². The van der Waals surface area contributed by atoms with Gasteiger partial charge in [-0.2, -0.15) is 0 Å². The summed E-state index contributed by atoms with van der Waals surface area (Å²) in [6.45, 7) is 11.1. The molecule has 0 atom stereocenters. The second kappa shape index (κ2) is 9.12. The quantitative estimate of drug-likeness (QED) is 0.717. The van der Waals surface area contributed by atoms with Gasteiger partial charge < -0.3 is 5.32 Å². The van der Waals surface area contributed by atoms with Gasteiger partial charge in [0, 0.05) is 11.6 Å². The first-order chi connectivity index (χ1) is 13.4. The summed E-state index contributed by atoms with van der Waals surface area (Å²) in [5, 5.41) is 2.91. The lowest BCUT2D eigenvalue weighted by Crippen LogP contribution is -2.30. The van der Waals surface area contributed by atoms with E-state index in [1.807, 2.05) is 63.2 Å². The van der Waals surface area contributed by atoms with E-state index in [1.54, 1.807) is 20.8 Å². The van der Waals surface area contributed by atoms with Crippen molar-refractivity contribution in [1.82, 2.24) is 5.32 Å². The maximum absolute atomic E-state index is 12.4. The zero-order valence-corrected chi connectivity index (χ0v) is 19.2. The SMILES string of the molecule is Cc1cc(C(=O)NC(C)C)ccc1CCc1ccc(CS(=O)(=O)C(C)(C)C)cc1. The third-order valence-electron chi connectivity index (χ3n) is 5.02. The maximum atomic E-state index is 12.4. The fourth-order valence-electron chi connectivity index (χ4n) is 2.98. The third kappa shape index (κ3) is 6.43. The van der Waals surface area contributed by atoms with Crippen molar-refractivity contribution >= 4 is 15.7 Å². The molecule has 0 aliphatic rings. The molecular weight excluding hydrogens is 382 g/mol. The molecule has 2 rings (SSSR count). The van der Waals surface area contributed by atoms with Gasteiger partial charge in [-0.05, 0) is 88.8 Å². The highest BCUT2D eigenvalue weighted by Crippen LogP contribution is 2.21. The predicted octanol–water partition coefficient (Wildman–Crippen LogP) is 4.63. The average Bonchev–Trinajstić information content (AvgIpc) is 2.60. The van der Waals surface area contributed by atoms with Gasteiger partial charge in [0.15, 0.2) is 9.84 Å². The molecule has 4 nitrogen and oxygen atoms in total. The van der Waals surface area contributed by atoms with Crippen molar-refractivity contribution in [3.63, 3.8) is 0 Å². The number of amides is 1. The first-order valence-electron chi connectivity index (χ1n) is 10.1. The molecule has 0 aliphatic carbocycles. The van der Waals surface area contributed by atoms with E-state index in [0.29, 0.717) is 5.56 Å². The minimum Gasteiger partial charge on any atom is -0.350 e. The lowest BCUT2D eigenvalue weighted by molar-refractivity contribution is 0.0943. The average molecular weight is 416 g/mol. The Morgan fingerprint density at radius 1 is 0.966 bits per heavy atom. The number of hydrogen-bond acceptors (Lipinski definition) is 3. The second-order valence-corrected chi connectivity index (χ2v) is 11.7. The Balaban J connectivity index is 2.01. The standard InChI is InChI=1S/C24H33NO3S/c1-17(2)25-23(26)22-14-13-21(18(3)15-22)12-11-19-7-9-20(10-8-19)16-29(27,28)24(4,5)6/h7-10,13-15,17H,11-12,16H2,1-6H3,(H,25,26). The Bertz CT molecular complexity index is 953. The van der Waals surface area contributed by atoms with E-state index < -0.39 is 14.6 Å². The molecule has 0 heterocycles. The van der Waals surface area contributed by atoms with Crippen molar-refractivity contribution in [3.8, 4) is 0 Å². The third-order valence-corrected chi connectivity index (χ3v) is 7.60. The van der Waals surface area contributed by atoms with Crippen LogP contribution in [-0.2, 0) is 28.4 Å². The summed E-state index contributed by atoms with van der Waals surface area (Å²) in [5.74, 6) is 0.0194. The van der Waals surface area contributed by atoms with Crippen LogP contribution in [0.4, 0.5) is 0 Å². The van der Waals surface area contributed by atoms with Crippen LogP contribution < -0.4 is 5.32 Å². The first-order valence-corrected chi connectivity index (χ1v) is 11.7. The summed E-state index contributed by atoms with van der Waals surface area (Å²) in [6.07, 6.45) is 1.74. The van der Waals surface area contributed by atoms with Crippen LogP contribution in [0.2, 0.25) is 0 Å². The molecule has 0 bridgehead atoms. The predicted molar refractivity (Wildman–Crippen MR) is 120 cm³/mol. The van der Waals surface area contributed by atoms with Gasteiger partial charge in [0.25, 0.3) is 5.91 Å². The van der Waals surface area contributed by atoms with Crippen molar-refractivity contribution in [2.24, 2.45) is 0 Å². The van der Waals surface area contributed by atoms with Crippen molar-refractivity contribution in [3.05, 3.63) is 70.3 Å².